The lowest BCUT2D eigenvalue weighted by Gasteiger charge is -2.19. The first-order valence-electron chi connectivity index (χ1n) is 15.3. The van der Waals surface area contributed by atoms with E-state index in [2.05, 4.69) is 170 Å². The quantitative estimate of drug-likeness (QED) is 0.190. The Morgan fingerprint density at radius 2 is 0.750 bits per heavy atom. The second kappa shape index (κ2) is 9.93. The first kappa shape index (κ1) is 24.8. The summed E-state index contributed by atoms with van der Waals surface area (Å²) in [4.78, 5) is 0. The lowest BCUT2D eigenvalue weighted by molar-refractivity contribution is 1.66. The zero-order chi connectivity index (χ0) is 29.0. The zero-order valence-electron chi connectivity index (χ0n) is 24.2. The molecule has 9 aromatic carbocycles. The molecule has 0 saturated carbocycles. The molecular weight excluding hydrogens is 528 g/mol. The van der Waals surface area contributed by atoms with E-state index in [1.54, 1.807) is 0 Å². The summed E-state index contributed by atoms with van der Waals surface area (Å²) in [5.74, 6) is 0. The maximum Gasteiger partial charge on any atom is -0.00201 e. The van der Waals surface area contributed by atoms with Crippen LogP contribution < -0.4 is 0 Å². The Bertz CT molecular complexity index is 2550. The van der Waals surface area contributed by atoms with Crippen LogP contribution in [0, 0.1) is 0 Å². The summed E-state index contributed by atoms with van der Waals surface area (Å²) in [6, 6.07) is 62.5. The van der Waals surface area contributed by atoms with Crippen molar-refractivity contribution in [3.8, 4) is 33.4 Å². The molecule has 0 aliphatic carbocycles. The lowest BCUT2D eigenvalue weighted by Crippen LogP contribution is -1.92. The molecule has 0 N–H and O–H groups in total. The molecule has 0 unspecified atom stereocenters. The topological polar surface area (TPSA) is 0 Å². The van der Waals surface area contributed by atoms with Crippen molar-refractivity contribution < 1.29 is 0 Å². The van der Waals surface area contributed by atoms with E-state index in [0.717, 1.165) is 0 Å². The predicted octanol–water partition coefficient (Wildman–Crippen LogP) is 12.5. The van der Waals surface area contributed by atoms with Crippen molar-refractivity contribution in [1.29, 1.82) is 0 Å². The summed E-state index contributed by atoms with van der Waals surface area (Å²) in [6.07, 6.45) is 0. The van der Waals surface area contributed by atoms with Crippen molar-refractivity contribution in [2.75, 3.05) is 0 Å². The molecule has 204 valence electrons. The average molecular weight is 557 g/mol. The molecule has 0 atom stereocenters. The van der Waals surface area contributed by atoms with E-state index < -0.39 is 0 Å². The molecule has 0 amide bonds. The molecule has 0 radical (unpaired) electrons. The highest BCUT2D eigenvalue weighted by Crippen LogP contribution is 2.45. The highest BCUT2D eigenvalue weighted by atomic mass is 14.2. The van der Waals surface area contributed by atoms with Crippen LogP contribution >= 0.6 is 0 Å². The molecule has 9 rings (SSSR count). The number of fused-ring (bicyclic) bond motifs is 5. The number of rotatable bonds is 3. The Hall–Kier alpha value is -5.72. The highest BCUT2D eigenvalue weighted by molar-refractivity contribution is 6.21. The molecule has 44 heavy (non-hydrogen) atoms. The normalized spacial score (nSPS) is 11.6. The van der Waals surface area contributed by atoms with Crippen LogP contribution in [0.15, 0.2) is 170 Å². The van der Waals surface area contributed by atoms with Gasteiger partial charge in [0.25, 0.3) is 0 Å². The summed E-state index contributed by atoms with van der Waals surface area (Å²) in [5.41, 5.74) is 7.55. The molecule has 0 heteroatoms. The lowest BCUT2D eigenvalue weighted by atomic mass is 9.84. The van der Waals surface area contributed by atoms with E-state index >= 15 is 0 Å². The first-order valence-corrected chi connectivity index (χ1v) is 15.3. The average Bonchev–Trinajstić information content (AvgIpc) is 3.09. The SMILES string of the molecule is c1ccc2cc(-c3cccc4cc5c(-c6cccc7ccccc67)cccc5c(-c5ccc6ccccc6c5)c34)ccc2c1. The third-order valence-electron chi connectivity index (χ3n) is 9.20. The minimum Gasteiger partial charge on any atom is -0.0616 e. The van der Waals surface area contributed by atoms with Crippen LogP contribution in [-0.4, -0.2) is 0 Å². The van der Waals surface area contributed by atoms with Gasteiger partial charge in [0.05, 0.1) is 0 Å². The predicted molar refractivity (Wildman–Crippen MR) is 190 cm³/mol. The van der Waals surface area contributed by atoms with Crippen LogP contribution in [0.1, 0.15) is 0 Å². The van der Waals surface area contributed by atoms with Crippen molar-refractivity contribution in [3.05, 3.63) is 170 Å². The van der Waals surface area contributed by atoms with E-state index in [1.807, 2.05) is 0 Å². The van der Waals surface area contributed by atoms with Crippen LogP contribution in [-0.2, 0) is 0 Å². The third kappa shape index (κ3) is 3.92. The second-order valence-corrected chi connectivity index (χ2v) is 11.7. The number of hydrogen-bond acceptors (Lipinski definition) is 0. The Labute approximate surface area is 256 Å². The molecule has 0 aromatic heterocycles. The van der Waals surface area contributed by atoms with Gasteiger partial charge in [0.2, 0.25) is 0 Å². The summed E-state index contributed by atoms with van der Waals surface area (Å²) >= 11 is 0. The van der Waals surface area contributed by atoms with Gasteiger partial charge in [-0.25, -0.2) is 0 Å². The van der Waals surface area contributed by atoms with Crippen LogP contribution in [0.3, 0.4) is 0 Å². The van der Waals surface area contributed by atoms with E-state index in [-0.39, 0.29) is 0 Å². The second-order valence-electron chi connectivity index (χ2n) is 11.7. The van der Waals surface area contributed by atoms with E-state index in [1.165, 1.54) is 87.2 Å². The summed E-state index contributed by atoms with van der Waals surface area (Å²) in [6.45, 7) is 0. The molecule has 0 nitrogen and oxygen atoms in total. The third-order valence-corrected chi connectivity index (χ3v) is 9.20. The molecule has 0 saturated heterocycles. The zero-order valence-corrected chi connectivity index (χ0v) is 24.2. The fourth-order valence-corrected chi connectivity index (χ4v) is 7.14. The largest absolute Gasteiger partial charge is 0.0616 e. The Balaban J connectivity index is 1.42. The van der Waals surface area contributed by atoms with Gasteiger partial charge in [-0.2, -0.15) is 0 Å². The Kier molecular flexibility index (Phi) is 5.61. The molecule has 0 bridgehead atoms. The van der Waals surface area contributed by atoms with Gasteiger partial charge in [-0.05, 0) is 105 Å². The molecular formula is C44H28. The molecule has 0 aliphatic heterocycles. The van der Waals surface area contributed by atoms with Crippen LogP contribution in [0.4, 0.5) is 0 Å². The number of benzene rings is 9. The Morgan fingerprint density at radius 3 is 1.50 bits per heavy atom. The number of hydrogen-bond donors (Lipinski definition) is 0. The van der Waals surface area contributed by atoms with E-state index in [4.69, 9.17) is 0 Å². The summed E-state index contributed by atoms with van der Waals surface area (Å²) < 4.78 is 0. The van der Waals surface area contributed by atoms with Crippen LogP contribution in [0.5, 0.6) is 0 Å². The van der Waals surface area contributed by atoms with Gasteiger partial charge >= 0.3 is 0 Å². The first-order chi connectivity index (χ1) is 21.8. The van der Waals surface area contributed by atoms with Gasteiger partial charge in [0, 0.05) is 0 Å². The maximum absolute atomic E-state index is 2.41. The van der Waals surface area contributed by atoms with Crippen molar-refractivity contribution in [2.45, 2.75) is 0 Å². The fraction of sp³-hybridized carbons (Fsp3) is 0. The Morgan fingerprint density at radius 1 is 0.250 bits per heavy atom. The maximum atomic E-state index is 2.41. The molecule has 0 heterocycles. The van der Waals surface area contributed by atoms with Gasteiger partial charge in [-0.3, -0.25) is 0 Å². The minimum atomic E-state index is 1.24. The highest BCUT2D eigenvalue weighted by Gasteiger charge is 2.18. The van der Waals surface area contributed by atoms with Crippen molar-refractivity contribution >= 4 is 53.9 Å². The molecule has 9 aromatic rings. The van der Waals surface area contributed by atoms with Crippen molar-refractivity contribution in [2.24, 2.45) is 0 Å². The van der Waals surface area contributed by atoms with Crippen LogP contribution in [0.2, 0.25) is 0 Å². The smallest absolute Gasteiger partial charge is 0.00201 e. The summed E-state index contributed by atoms with van der Waals surface area (Å²) in [5, 5.41) is 12.7. The minimum absolute atomic E-state index is 1.24. The van der Waals surface area contributed by atoms with Crippen molar-refractivity contribution in [1.82, 2.24) is 0 Å². The van der Waals surface area contributed by atoms with Gasteiger partial charge in [0.1, 0.15) is 0 Å². The molecule has 0 spiro atoms. The van der Waals surface area contributed by atoms with Gasteiger partial charge in [-0.15, -0.1) is 0 Å². The van der Waals surface area contributed by atoms with Gasteiger partial charge < -0.3 is 0 Å². The standard InChI is InChI=1S/C44H28/c1-3-13-32-26-34(24-22-29(32)10-1)38-18-8-16-35-28-42-40(39-19-7-15-31-12-5-6-17-37(31)39)20-9-21-41(42)44(43(35)38)36-25-23-30-11-2-4-14-33(30)27-36/h1-28H. The summed E-state index contributed by atoms with van der Waals surface area (Å²) in [7, 11) is 0. The van der Waals surface area contributed by atoms with Crippen LogP contribution in [0.25, 0.3) is 87.2 Å². The molecule has 0 fully saturated rings. The fourth-order valence-electron chi connectivity index (χ4n) is 7.14. The van der Waals surface area contributed by atoms with E-state index in [0.29, 0.717) is 0 Å². The van der Waals surface area contributed by atoms with Crippen molar-refractivity contribution in [3.63, 3.8) is 0 Å². The monoisotopic (exact) mass is 556 g/mol. The van der Waals surface area contributed by atoms with Gasteiger partial charge in [0.15, 0.2) is 0 Å². The van der Waals surface area contributed by atoms with E-state index in [9.17, 15) is 0 Å². The molecule has 0 aliphatic rings. The van der Waals surface area contributed by atoms with Gasteiger partial charge in [-0.1, -0.05) is 152 Å².